The summed E-state index contributed by atoms with van der Waals surface area (Å²) in [5.41, 5.74) is 2.10. The molecule has 0 unspecified atom stereocenters. The van der Waals surface area contributed by atoms with Gasteiger partial charge in [0.15, 0.2) is 0 Å². The molecule has 0 saturated carbocycles. The number of hydrogen-bond donors (Lipinski definition) is 2. The lowest BCUT2D eigenvalue weighted by Gasteiger charge is -2.16. The number of aromatic amines is 1. The molecule has 4 rings (SSSR count). The summed E-state index contributed by atoms with van der Waals surface area (Å²) < 4.78 is 19.3. The number of para-hydroxylation sites is 1. The van der Waals surface area contributed by atoms with Crippen LogP contribution in [0.25, 0.3) is 10.9 Å². The molecule has 144 valence electrons. The summed E-state index contributed by atoms with van der Waals surface area (Å²) in [6.45, 7) is 0.513. The fourth-order valence-electron chi connectivity index (χ4n) is 3.55. The first-order chi connectivity index (χ1) is 13.6. The van der Waals surface area contributed by atoms with Crippen molar-refractivity contribution in [1.29, 1.82) is 0 Å². The van der Waals surface area contributed by atoms with Crippen LogP contribution in [0.2, 0.25) is 0 Å². The van der Waals surface area contributed by atoms with E-state index >= 15 is 0 Å². The number of hydrogen-bond acceptors (Lipinski definition) is 4. The molecule has 6 nitrogen and oxygen atoms in total. The minimum atomic E-state index is -0.646. The van der Waals surface area contributed by atoms with Crippen LogP contribution in [0.15, 0.2) is 48.7 Å². The van der Waals surface area contributed by atoms with Crippen molar-refractivity contribution in [2.24, 2.45) is 0 Å². The largest absolute Gasteiger partial charge is 0.497 e. The Bertz CT molecular complexity index is 1050. The van der Waals surface area contributed by atoms with Gasteiger partial charge in [0.1, 0.15) is 11.6 Å². The van der Waals surface area contributed by atoms with Crippen LogP contribution in [0.4, 0.5) is 10.1 Å². The molecule has 28 heavy (non-hydrogen) atoms. The fourth-order valence-corrected chi connectivity index (χ4v) is 3.55. The number of methoxy groups -OCH3 is 1. The first-order valence-corrected chi connectivity index (χ1v) is 9.07. The maximum atomic E-state index is 14.0. The van der Waals surface area contributed by atoms with Crippen LogP contribution < -0.4 is 15.0 Å². The minimum Gasteiger partial charge on any atom is -0.497 e. The molecule has 1 saturated heterocycles. The maximum Gasteiger partial charge on any atom is 0.251 e. The summed E-state index contributed by atoms with van der Waals surface area (Å²) in [5, 5.41) is 4.19. The van der Waals surface area contributed by atoms with Gasteiger partial charge in [-0.2, -0.15) is 0 Å². The van der Waals surface area contributed by atoms with Crippen LogP contribution in [0.5, 0.6) is 5.75 Å². The third-order valence-electron chi connectivity index (χ3n) is 5.00. The van der Waals surface area contributed by atoms with Gasteiger partial charge in [-0.1, -0.05) is 12.1 Å². The van der Waals surface area contributed by atoms with Gasteiger partial charge in [-0.3, -0.25) is 9.59 Å². The highest BCUT2D eigenvalue weighted by Crippen LogP contribution is 2.26. The van der Waals surface area contributed by atoms with Crippen LogP contribution >= 0.6 is 0 Å². The molecular formula is C21H20FN3O3. The number of aromatic nitrogens is 1. The van der Waals surface area contributed by atoms with E-state index in [0.717, 1.165) is 27.1 Å². The number of halogens is 1. The molecule has 0 aliphatic carbocycles. The Morgan fingerprint density at radius 1 is 1.25 bits per heavy atom. The van der Waals surface area contributed by atoms with E-state index in [9.17, 15) is 14.0 Å². The van der Waals surface area contributed by atoms with E-state index in [4.69, 9.17) is 4.74 Å². The SMILES string of the molecule is COc1ccc2[nH]cc(CCN[C@@H]3CC(=O)N(c4ccccc4F)C3=O)c2c1. The van der Waals surface area contributed by atoms with Gasteiger partial charge in [0.05, 0.1) is 25.3 Å². The van der Waals surface area contributed by atoms with E-state index in [1.54, 1.807) is 13.2 Å². The summed E-state index contributed by atoms with van der Waals surface area (Å²) in [7, 11) is 1.62. The van der Waals surface area contributed by atoms with Gasteiger partial charge in [0.2, 0.25) is 5.91 Å². The second kappa shape index (κ2) is 7.44. The van der Waals surface area contributed by atoms with Gasteiger partial charge in [0, 0.05) is 23.6 Å². The van der Waals surface area contributed by atoms with Crippen molar-refractivity contribution >= 4 is 28.4 Å². The standard InChI is InChI=1S/C21H20FN3O3/c1-28-14-6-7-17-15(10-14)13(12-24-17)8-9-23-18-11-20(26)25(21(18)27)19-5-3-2-4-16(19)22/h2-7,10,12,18,23-24H,8-9,11H2,1H3/t18-/m1/s1. The van der Waals surface area contributed by atoms with Crippen LogP contribution in [-0.2, 0) is 16.0 Å². The Kier molecular flexibility index (Phi) is 4.83. The fraction of sp³-hybridized carbons (Fsp3) is 0.238. The average molecular weight is 381 g/mol. The number of carbonyl (C=O) groups is 2. The number of benzene rings is 2. The number of imide groups is 1. The normalized spacial score (nSPS) is 16.9. The summed E-state index contributed by atoms with van der Waals surface area (Å²) in [6.07, 6.45) is 2.62. The van der Waals surface area contributed by atoms with Crippen LogP contribution in [0.3, 0.4) is 0 Å². The Hall–Kier alpha value is -3.19. The predicted octanol–water partition coefficient (Wildman–Crippen LogP) is 2.78. The second-order valence-corrected chi connectivity index (χ2v) is 6.71. The lowest BCUT2D eigenvalue weighted by atomic mass is 10.1. The molecular weight excluding hydrogens is 361 g/mol. The Labute approximate surface area is 161 Å². The highest BCUT2D eigenvalue weighted by Gasteiger charge is 2.40. The van der Waals surface area contributed by atoms with Crippen molar-refractivity contribution in [1.82, 2.24) is 10.3 Å². The van der Waals surface area contributed by atoms with Crippen molar-refractivity contribution in [3.05, 3.63) is 60.0 Å². The smallest absolute Gasteiger partial charge is 0.251 e. The van der Waals surface area contributed by atoms with E-state index in [0.29, 0.717) is 13.0 Å². The van der Waals surface area contributed by atoms with Crippen LogP contribution in [0, 0.1) is 5.82 Å². The maximum absolute atomic E-state index is 14.0. The summed E-state index contributed by atoms with van der Waals surface area (Å²) in [6, 6.07) is 11.0. The topological polar surface area (TPSA) is 74.4 Å². The zero-order chi connectivity index (χ0) is 19.7. The number of amides is 2. The van der Waals surface area contributed by atoms with E-state index in [-0.39, 0.29) is 12.1 Å². The van der Waals surface area contributed by atoms with Gasteiger partial charge < -0.3 is 15.0 Å². The van der Waals surface area contributed by atoms with Gasteiger partial charge >= 0.3 is 0 Å². The number of nitrogens with zero attached hydrogens (tertiary/aromatic N) is 1. The molecule has 2 heterocycles. The van der Waals surface area contributed by atoms with Gasteiger partial charge in [-0.15, -0.1) is 0 Å². The van der Waals surface area contributed by atoms with Crippen LogP contribution in [0.1, 0.15) is 12.0 Å². The Balaban J connectivity index is 1.43. The molecule has 0 bridgehead atoms. The number of rotatable bonds is 6. The molecule has 2 amide bonds. The van der Waals surface area contributed by atoms with Crippen molar-refractivity contribution in [3.63, 3.8) is 0 Å². The molecule has 2 N–H and O–H groups in total. The average Bonchev–Trinajstić information content (AvgIpc) is 3.22. The monoisotopic (exact) mass is 381 g/mol. The highest BCUT2D eigenvalue weighted by molar-refractivity contribution is 6.22. The molecule has 1 atom stereocenters. The number of carbonyl (C=O) groups excluding carboxylic acids is 2. The number of anilines is 1. The quantitative estimate of drug-likeness (QED) is 0.644. The number of fused-ring (bicyclic) bond motifs is 1. The van der Waals surface area contributed by atoms with Crippen molar-refractivity contribution in [2.75, 3.05) is 18.6 Å². The Morgan fingerprint density at radius 2 is 2.07 bits per heavy atom. The summed E-state index contributed by atoms with van der Waals surface area (Å²) in [5.74, 6) is -0.629. The number of nitrogens with one attached hydrogen (secondary N) is 2. The van der Waals surface area contributed by atoms with Crippen LogP contribution in [-0.4, -0.2) is 36.5 Å². The first-order valence-electron chi connectivity index (χ1n) is 9.07. The lowest BCUT2D eigenvalue weighted by Crippen LogP contribution is -2.39. The van der Waals surface area contributed by atoms with Crippen molar-refractivity contribution < 1.29 is 18.7 Å². The minimum absolute atomic E-state index is 0.00511. The molecule has 1 fully saturated rings. The number of ether oxygens (including phenoxy) is 1. The second-order valence-electron chi connectivity index (χ2n) is 6.71. The molecule has 3 aromatic rings. The van der Waals surface area contributed by atoms with Crippen molar-refractivity contribution in [2.45, 2.75) is 18.9 Å². The third kappa shape index (κ3) is 3.25. The zero-order valence-corrected chi connectivity index (χ0v) is 15.4. The summed E-state index contributed by atoms with van der Waals surface area (Å²) in [4.78, 5) is 29.0. The van der Waals surface area contributed by atoms with E-state index < -0.39 is 23.7 Å². The van der Waals surface area contributed by atoms with Gasteiger partial charge in [-0.25, -0.2) is 9.29 Å². The van der Waals surface area contributed by atoms with E-state index in [2.05, 4.69) is 10.3 Å². The van der Waals surface area contributed by atoms with Gasteiger partial charge in [0.25, 0.3) is 5.91 Å². The van der Waals surface area contributed by atoms with Gasteiger partial charge in [-0.05, 0) is 42.3 Å². The summed E-state index contributed by atoms with van der Waals surface area (Å²) >= 11 is 0. The zero-order valence-electron chi connectivity index (χ0n) is 15.4. The lowest BCUT2D eigenvalue weighted by molar-refractivity contribution is -0.121. The molecule has 1 aliphatic rings. The third-order valence-corrected chi connectivity index (χ3v) is 5.00. The molecule has 1 aromatic heterocycles. The predicted molar refractivity (Wildman–Crippen MR) is 104 cm³/mol. The molecule has 2 aromatic carbocycles. The molecule has 7 heteroatoms. The number of H-pyrrole nitrogens is 1. The Morgan fingerprint density at radius 3 is 2.86 bits per heavy atom. The molecule has 0 radical (unpaired) electrons. The van der Waals surface area contributed by atoms with E-state index in [1.807, 2.05) is 24.4 Å². The molecule has 1 aliphatic heterocycles. The first kappa shape index (κ1) is 18.2. The highest BCUT2D eigenvalue weighted by atomic mass is 19.1. The van der Waals surface area contributed by atoms with Crippen molar-refractivity contribution in [3.8, 4) is 5.75 Å². The van der Waals surface area contributed by atoms with E-state index in [1.165, 1.54) is 18.2 Å². The molecule has 0 spiro atoms.